The normalized spacial score (nSPS) is 11.6. The number of aryl methyl sites for hydroxylation is 2. The maximum absolute atomic E-state index is 13.9. The number of anilines is 6. The minimum absolute atomic E-state index is 0.251. The molecule has 0 spiro atoms. The van der Waals surface area contributed by atoms with Gasteiger partial charge in [-0.15, -0.1) is 0 Å². The molecule has 0 bridgehead atoms. The Morgan fingerprint density at radius 2 is 1.03 bits per heavy atom. The Bertz CT molecular complexity index is 2900. The van der Waals surface area contributed by atoms with Gasteiger partial charge in [-0.2, -0.15) is 0 Å². The van der Waals surface area contributed by atoms with Gasteiger partial charge in [0.1, 0.15) is 11.6 Å². The molecule has 3 nitrogen and oxygen atoms in total. The molecule has 278 valence electrons. The standard InChI is InChI=1S/C53H38FN3S/c1-35-11-6-8-16-48(35)57(49-17-9-7-12-36(49)2)52-32-22-39(34-55-52)38-21-29-45-47-31-30-44(46-15-10-18-50(53(46)47)58-51(45)33-38)37-19-25-42(26-20-37)56(41-13-4-3-5-14-41)43-27-23-40(54)24-28-43/h3-34H,1-2H3. The molecular formula is C53H38FN3S. The summed E-state index contributed by atoms with van der Waals surface area (Å²) in [4.78, 5) is 12.0. The van der Waals surface area contributed by atoms with E-state index in [0.29, 0.717) is 0 Å². The first-order valence-electron chi connectivity index (χ1n) is 19.5. The van der Waals surface area contributed by atoms with Crippen LogP contribution in [0.25, 0.3) is 44.2 Å². The lowest BCUT2D eigenvalue weighted by molar-refractivity contribution is 0.628. The van der Waals surface area contributed by atoms with Crippen LogP contribution in [-0.4, -0.2) is 4.98 Å². The van der Waals surface area contributed by atoms with Gasteiger partial charge in [0.15, 0.2) is 0 Å². The highest BCUT2D eigenvalue weighted by Crippen LogP contribution is 2.51. The van der Waals surface area contributed by atoms with Crippen LogP contribution in [0.1, 0.15) is 11.1 Å². The van der Waals surface area contributed by atoms with Crippen LogP contribution in [0.3, 0.4) is 0 Å². The van der Waals surface area contributed by atoms with E-state index in [9.17, 15) is 4.39 Å². The van der Waals surface area contributed by atoms with Gasteiger partial charge >= 0.3 is 0 Å². The second-order valence-corrected chi connectivity index (χ2v) is 15.7. The molecule has 0 unspecified atom stereocenters. The molecule has 8 aromatic carbocycles. The van der Waals surface area contributed by atoms with Crippen molar-refractivity contribution in [1.29, 1.82) is 0 Å². The van der Waals surface area contributed by atoms with Crippen molar-refractivity contribution in [3.8, 4) is 33.4 Å². The van der Waals surface area contributed by atoms with E-state index in [1.807, 2.05) is 48.3 Å². The van der Waals surface area contributed by atoms with E-state index >= 15 is 0 Å². The van der Waals surface area contributed by atoms with Crippen LogP contribution in [0.5, 0.6) is 0 Å². The van der Waals surface area contributed by atoms with Crippen LogP contribution in [0, 0.1) is 19.7 Å². The second kappa shape index (κ2) is 14.8. The Hall–Kier alpha value is -6.95. The number of nitrogens with zero attached hydrogens (tertiary/aromatic N) is 3. The molecule has 10 rings (SSSR count). The minimum atomic E-state index is -0.251. The van der Waals surface area contributed by atoms with Crippen molar-refractivity contribution in [3.63, 3.8) is 0 Å². The zero-order chi connectivity index (χ0) is 39.2. The van der Waals surface area contributed by atoms with E-state index in [1.165, 1.54) is 60.5 Å². The third kappa shape index (κ3) is 6.40. The summed E-state index contributed by atoms with van der Waals surface area (Å²) < 4.78 is 13.9. The van der Waals surface area contributed by atoms with Gasteiger partial charge in [-0.05, 0) is 143 Å². The van der Waals surface area contributed by atoms with E-state index < -0.39 is 0 Å². The monoisotopic (exact) mass is 767 g/mol. The van der Waals surface area contributed by atoms with Gasteiger partial charge in [-0.1, -0.05) is 115 Å². The van der Waals surface area contributed by atoms with E-state index in [2.05, 4.69) is 169 Å². The third-order valence-electron chi connectivity index (χ3n) is 11.1. The highest BCUT2D eigenvalue weighted by Gasteiger charge is 2.23. The molecule has 1 aliphatic rings. The number of hydrogen-bond acceptors (Lipinski definition) is 4. The van der Waals surface area contributed by atoms with E-state index in [-0.39, 0.29) is 5.82 Å². The summed E-state index contributed by atoms with van der Waals surface area (Å²) in [6.45, 7) is 4.30. The van der Waals surface area contributed by atoms with Crippen molar-refractivity contribution in [3.05, 3.63) is 211 Å². The Balaban J connectivity index is 0.970. The molecule has 0 N–H and O–H groups in total. The molecule has 0 saturated carbocycles. The van der Waals surface area contributed by atoms with Gasteiger partial charge in [0.2, 0.25) is 0 Å². The van der Waals surface area contributed by atoms with Crippen molar-refractivity contribution in [2.45, 2.75) is 23.6 Å². The number of pyridine rings is 1. The quantitative estimate of drug-likeness (QED) is 0.153. The van der Waals surface area contributed by atoms with Crippen molar-refractivity contribution < 1.29 is 4.39 Å². The second-order valence-electron chi connectivity index (χ2n) is 14.7. The number of hydrogen-bond donors (Lipinski definition) is 0. The Labute approximate surface area is 342 Å². The predicted octanol–water partition coefficient (Wildman–Crippen LogP) is 15.4. The Morgan fingerprint density at radius 1 is 0.448 bits per heavy atom. The van der Waals surface area contributed by atoms with E-state index in [1.54, 1.807) is 0 Å². The number of para-hydroxylation sites is 3. The molecule has 0 saturated heterocycles. The van der Waals surface area contributed by atoms with Crippen LogP contribution < -0.4 is 9.80 Å². The molecule has 0 radical (unpaired) electrons. The Morgan fingerprint density at radius 3 is 1.71 bits per heavy atom. The van der Waals surface area contributed by atoms with Crippen molar-refractivity contribution in [2.24, 2.45) is 0 Å². The van der Waals surface area contributed by atoms with Crippen LogP contribution in [0.2, 0.25) is 0 Å². The van der Waals surface area contributed by atoms with Gasteiger partial charge in [0.05, 0.1) is 11.4 Å². The molecule has 1 aromatic heterocycles. The topological polar surface area (TPSA) is 19.4 Å². The molecule has 0 atom stereocenters. The summed E-state index contributed by atoms with van der Waals surface area (Å²) in [5.41, 5.74) is 14.6. The highest BCUT2D eigenvalue weighted by molar-refractivity contribution is 7.99. The predicted molar refractivity (Wildman–Crippen MR) is 241 cm³/mol. The lowest BCUT2D eigenvalue weighted by Gasteiger charge is -2.27. The van der Waals surface area contributed by atoms with E-state index in [4.69, 9.17) is 4.98 Å². The smallest absolute Gasteiger partial charge is 0.137 e. The fraction of sp³-hybridized carbons (Fsp3) is 0.0377. The summed E-state index contributed by atoms with van der Waals surface area (Å²) in [6, 6.07) is 64.8. The van der Waals surface area contributed by atoms with Crippen LogP contribution >= 0.6 is 11.8 Å². The van der Waals surface area contributed by atoms with Crippen LogP contribution in [0.4, 0.5) is 38.6 Å². The molecule has 2 heterocycles. The summed E-state index contributed by atoms with van der Waals surface area (Å²) in [7, 11) is 0. The first-order valence-corrected chi connectivity index (χ1v) is 20.3. The fourth-order valence-corrected chi connectivity index (χ4v) is 9.34. The van der Waals surface area contributed by atoms with Crippen LogP contribution in [-0.2, 0) is 0 Å². The van der Waals surface area contributed by atoms with Crippen molar-refractivity contribution in [1.82, 2.24) is 4.98 Å². The zero-order valence-electron chi connectivity index (χ0n) is 32.1. The minimum Gasteiger partial charge on any atom is -0.311 e. The molecule has 5 heteroatoms. The van der Waals surface area contributed by atoms with Crippen LogP contribution in [0.15, 0.2) is 204 Å². The third-order valence-corrected chi connectivity index (χ3v) is 12.2. The zero-order valence-corrected chi connectivity index (χ0v) is 32.9. The van der Waals surface area contributed by atoms with Gasteiger partial charge in [-0.25, -0.2) is 9.37 Å². The summed E-state index contributed by atoms with van der Waals surface area (Å²) in [5.74, 6) is 0.631. The largest absolute Gasteiger partial charge is 0.311 e. The summed E-state index contributed by atoms with van der Waals surface area (Å²) >= 11 is 1.83. The van der Waals surface area contributed by atoms with Gasteiger partial charge in [-0.3, -0.25) is 4.90 Å². The molecule has 0 aliphatic carbocycles. The number of aromatic nitrogens is 1. The fourth-order valence-electron chi connectivity index (χ4n) is 8.16. The first kappa shape index (κ1) is 35.5. The molecular weight excluding hydrogens is 730 g/mol. The Kier molecular flexibility index (Phi) is 9.08. The molecule has 58 heavy (non-hydrogen) atoms. The average molecular weight is 768 g/mol. The van der Waals surface area contributed by atoms with Crippen molar-refractivity contribution in [2.75, 3.05) is 9.80 Å². The van der Waals surface area contributed by atoms with Gasteiger partial charge in [0.25, 0.3) is 0 Å². The number of halogens is 1. The van der Waals surface area contributed by atoms with Gasteiger partial charge in [0, 0.05) is 44.0 Å². The summed E-state index contributed by atoms with van der Waals surface area (Å²) in [5, 5.41) is 2.51. The number of fused-ring (bicyclic) bond motifs is 2. The molecule has 0 amide bonds. The molecule has 9 aromatic rings. The maximum Gasteiger partial charge on any atom is 0.137 e. The van der Waals surface area contributed by atoms with Crippen molar-refractivity contribution >= 4 is 56.8 Å². The number of rotatable bonds is 8. The SMILES string of the molecule is Cc1ccccc1N(c1ccc(-c2ccc3c(c2)Sc2cccc4c(-c5ccc(N(c6ccccc6)c6ccc(F)cc6)cc5)ccc-3c24)cn1)c1ccccc1C. The molecule has 1 aliphatic heterocycles. The number of benzene rings is 8. The lowest BCUT2D eigenvalue weighted by Crippen LogP contribution is -2.13. The summed E-state index contributed by atoms with van der Waals surface area (Å²) in [6.07, 6.45) is 2.00. The average Bonchev–Trinajstić information content (AvgIpc) is 3.27. The van der Waals surface area contributed by atoms with Gasteiger partial charge < -0.3 is 4.90 Å². The maximum atomic E-state index is 13.9. The van der Waals surface area contributed by atoms with E-state index in [0.717, 1.165) is 50.9 Å². The molecule has 0 fully saturated rings. The lowest BCUT2D eigenvalue weighted by atomic mass is 9.91. The highest BCUT2D eigenvalue weighted by atomic mass is 32.2. The first-order chi connectivity index (χ1) is 28.5.